The molecule has 5 nitrogen and oxygen atoms in total. The van der Waals surface area contributed by atoms with Gasteiger partial charge in [0.2, 0.25) is 5.16 Å². The highest BCUT2D eigenvalue weighted by Crippen LogP contribution is 2.26. The van der Waals surface area contributed by atoms with E-state index in [1.165, 1.54) is 34.1 Å². The van der Waals surface area contributed by atoms with Crippen LogP contribution >= 0.6 is 11.8 Å². The second-order valence-corrected chi connectivity index (χ2v) is 6.30. The third-order valence-electron chi connectivity index (χ3n) is 3.49. The van der Waals surface area contributed by atoms with Gasteiger partial charge in [0.25, 0.3) is 0 Å². The lowest BCUT2D eigenvalue weighted by Crippen LogP contribution is -2.11. The number of hydrogen-bond donors (Lipinski definition) is 1. The molecule has 2 aromatic carbocycles. The van der Waals surface area contributed by atoms with Crippen molar-refractivity contribution in [3.8, 4) is 17.1 Å². The van der Waals surface area contributed by atoms with Crippen LogP contribution in [-0.4, -0.2) is 21.5 Å². The molecule has 0 bridgehead atoms. The van der Waals surface area contributed by atoms with Crippen molar-refractivity contribution < 1.29 is 13.5 Å². The molecular weight excluding hydrogens is 346 g/mol. The normalized spacial score (nSPS) is 11.0. The molecule has 0 aliphatic heterocycles. The Morgan fingerprint density at radius 3 is 2.40 bits per heavy atom. The molecule has 0 saturated heterocycles. The summed E-state index contributed by atoms with van der Waals surface area (Å²) in [6.45, 7) is -0.814. The first-order valence-electron chi connectivity index (χ1n) is 7.47. The van der Waals surface area contributed by atoms with Crippen LogP contribution in [0.1, 0.15) is 11.1 Å². The van der Waals surface area contributed by atoms with Crippen molar-refractivity contribution >= 4 is 11.8 Å². The van der Waals surface area contributed by atoms with Crippen LogP contribution in [0.4, 0.5) is 8.78 Å². The number of rotatable bonds is 6. The van der Waals surface area contributed by atoms with Crippen molar-refractivity contribution in [2.75, 3.05) is 5.84 Å². The first-order valence-corrected chi connectivity index (χ1v) is 8.45. The summed E-state index contributed by atoms with van der Waals surface area (Å²) in [5.41, 5.74) is 3.03. The van der Waals surface area contributed by atoms with Gasteiger partial charge in [-0.05, 0) is 36.8 Å². The average molecular weight is 362 g/mol. The van der Waals surface area contributed by atoms with Gasteiger partial charge in [0.05, 0.1) is 0 Å². The molecule has 0 atom stereocenters. The van der Waals surface area contributed by atoms with E-state index >= 15 is 0 Å². The van der Waals surface area contributed by atoms with E-state index in [1.807, 2.05) is 6.92 Å². The lowest BCUT2D eigenvalue weighted by molar-refractivity contribution is -0.0498. The lowest BCUT2D eigenvalue weighted by atomic mass is 10.2. The number of nitrogens with two attached hydrogens (primary N) is 1. The molecule has 3 rings (SSSR count). The van der Waals surface area contributed by atoms with Gasteiger partial charge in [-0.3, -0.25) is 0 Å². The number of nitrogens with zero attached hydrogens (tertiary/aromatic N) is 3. The van der Waals surface area contributed by atoms with Gasteiger partial charge in [-0.2, -0.15) is 8.78 Å². The van der Waals surface area contributed by atoms with Gasteiger partial charge in [0, 0.05) is 11.3 Å². The van der Waals surface area contributed by atoms with Crippen LogP contribution in [0.3, 0.4) is 0 Å². The van der Waals surface area contributed by atoms with E-state index in [1.54, 1.807) is 12.1 Å². The number of ether oxygens (including phenoxy) is 1. The second kappa shape index (κ2) is 7.52. The maximum atomic E-state index is 12.2. The molecule has 0 radical (unpaired) electrons. The fourth-order valence-corrected chi connectivity index (χ4v) is 3.00. The number of benzene rings is 2. The van der Waals surface area contributed by atoms with Gasteiger partial charge >= 0.3 is 6.61 Å². The van der Waals surface area contributed by atoms with E-state index in [0.717, 1.165) is 11.3 Å². The van der Waals surface area contributed by atoms with Crippen LogP contribution in [0.5, 0.6) is 5.75 Å². The maximum Gasteiger partial charge on any atom is 0.387 e. The third-order valence-corrected chi connectivity index (χ3v) is 4.50. The number of nitrogen functional groups attached to an aromatic ring is 1. The fraction of sp³-hybridized carbons (Fsp3) is 0.176. The van der Waals surface area contributed by atoms with Crippen molar-refractivity contribution in [3.05, 3.63) is 59.7 Å². The van der Waals surface area contributed by atoms with Crippen molar-refractivity contribution in [1.82, 2.24) is 14.9 Å². The molecule has 8 heteroatoms. The molecule has 0 fully saturated rings. The van der Waals surface area contributed by atoms with E-state index in [2.05, 4.69) is 39.2 Å². The third kappa shape index (κ3) is 4.27. The number of hydrogen-bond acceptors (Lipinski definition) is 5. The average Bonchev–Trinajstić information content (AvgIpc) is 2.95. The Labute approximate surface area is 147 Å². The minimum absolute atomic E-state index is 0.0795. The summed E-state index contributed by atoms with van der Waals surface area (Å²) < 4.78 is 30.1. The number of aromatic nitrogens is 3. The Kier molecular flexibility index (Phi) is 5.18. The van der Waals surface area contributed by atoms with Crippen molar-refractivity contribution in [2.24, 2.45) is 0 Å². The number of aryl methyl sites for hydroxylation is 1. The predicted octanol–water partition coefficient (Wildman–Crippen LogP) is 3.86. The topological polar surface area (TPSA) is 66.0 Å². The van der Waals surface area contributed by atoms with Crippen LogP contribution in [0.15, 0.2) is 53.7 Å². The molecular formula is C17H16F2N4OS. The molecule has 0 saturated carbocycles. The molecule has 0 aliphatic rings. The molecule has 2 N–H and O–H groups in total. The summed E-state index contributed by atoms with van der Waals surface area (Å²) in [7, 11) is 0. The van der Waals surface area contributed by atoms with E-state index < -0.39 is 6.61 Å². The Balaban J connectivity index is 1.71. The van der Waals surface area contributed by atoms with Gasteiger partial charge in [0.15, 0.2) is 5.82 Å². The van der Waals surface area contributed by atoms with Crippen molar-refractivity contribution in [2.45, 2.75) is 24.4 Å². The first-order chi connectivity index (χ1) is 12.0. The second-order valence-electron chi connectivity index (χ2n) is 5.35. The fourth-order valence-electron chi connectivity index (χ4n) is 2.19. The molecule has 1 aromatic heterocycles. The summed E-state index contributed by atoms with van der Waals surface area (Å²) in [6, 6.07) is 14.3. The van der Waals surface area contributed by atoms with Crippen LogP contribution in [-0.2, 0) is 5.75 Å². The zero-order valence-corrected chi connectivity index (χ0v) is 14.2. The van der Waals surface area contributed by atoms with E-state index in [0.29, 0.717) is 16.5 Å². The van der Waals surface area contributed by atoms with E-state index in [4.69, 9.17) is 5.84 Å². The Hall–Kier alpha value is -2.61. The summed E-state index contributed by atoms with van der Waals surface area (Å²) in [6.07, 6.45) is 0. The maximum absolute atomic E-state index is 12.2. The van der Waals surface area contributed by atoms with Gasteiger partial charge < -0.3 is 10.6 Å². The van der Waals surface area contributed by atoms with Crippen LogP contribution in [0.2, 0.25) is 0 Å². The summed E-state index contributed by atoms with van der Waals surface area (Å²) in [5, 5.41) is 8.75. The predicted molar refractivity (Wildman–Crippen MR) is 93.0 cm³/mol. The Morgan fingerprint density at radius 2 is 1.76 bits per heavy atom. The first kappa shape index (κ1) is 17.2. The standard InChI is InChI=1S/C17H16F2N4OS/c1-11-2-4-12(5-3-11)10-25-17-22-21-15(23(17)20)13-6-8-14(9-7-13)24-16(18)19/h2-9,16H,10,20H2,1H3. The highest BCUT2D eigenvalue weighted by molar-refractivity contribution is 7.98. The van der Waals surface area contributed by atoms with Crippen molar-refractivity contribution in [1.29, 1.82) is 0 Å². The number of halogens is 2. The van der Waals surface area contributed by atoms with E-state index in [-0.39, 0.29) is 5.75 Å². The number of thioether (sulfide) groups is 1. The highest BCUT2D eigenvalue weighted by Gasteiger charge is 2.13. The molecule has 0 unspecified atom stereocenters. The molecule has 3 aromatic rings. The summed E-state index contributed by atoms with van der Waals surface area (Å²) in [4.78, 5) is 0. The quantitative estimate of drug-likeness (QED) is 0.533. The van der Waals surface area contributed by atoms with Gasteiger partial charge in [-0.25, -0.2) is 4.68 Å². The largest absolute Gasteiger partial charge is 0.435 e. The molecule has 0 aliphatic carbocycles. The monoisotopic (exact) mass is 362 g/mol. The SMILES string of the molecule is Cc1ccc(CSc2nnc(-c3ccc(OC(F)F)cc3)n2N)cc1. The summed E-state index contributed by atoms with van der Waals surface area (Å²) >= 11 is 1.47. The van der Waals surface area contributed by atoms with Gasteiger partial charge in [0.1, 0.15) is 5.75 Å². The lowest BCUT2D eigenvalue weighted by Gasteiger charge is -2.06. The number of alkyl halides is 2. The van der Waals surface area contributed by atoms with Gasteiger partial charge in [-0.1, -0.05) is 41.6 Å². The molecule has 25 heavy (non-hydrogen) atoms. The molecule has 130 valence electrons. The minimum atomic E-state index is -2.85. The van der Waals surface area contributed by atoms with Crippen LogP contribution < -0.4 is 10.6 Å². The highest BCUT2D eigenvalue weighted by atomic mass is 32.2. The van der Waals surface area contributed by atoms with E-state index in [9.17, 15) is 8.78 Å². The zero-order chi connectivity index (χ0) is 17.8. The Bertz CT molecular complexity index is 835. The molecule has 0 amide bonds. The molecule has 0 spiro atoms. The Morgan fingerprint density at radius 1 is 1.08 bits per heavy atom. The zero-order valence-electron chi connectivity index (χ0n) is 13.4. The summed E-state index contributed by atoms with van der Waals surface area (Å²) in [5.74, 6) is 7.31. The molecule has 1 heterocycles. The van der Waals surface area contributed by atoms with Gasteiger partial charge in [-0.15, -0.1) is 10.2 Å². The van der Waals surface area contributed by atoms with Crippen LogP contribution in [0.25, 0.3) is 11.4 Å². The minimum Gasteiger partial charge on any atom is -0.435 e. The van der Waals surface area contributed by atoms with Crippen LogP contribution in [0, 0.1) is 6.92 Å². The smallest absolute Gasteiger partial charge is 0.387 e. The van der Waals surface area contributed by atoms with Crippen molar-refractivity contribution in [3.63, 3.8) is 0 Å².